The topological polar surface area (TPSA) is 154 Å². The maximum Gasteiger partial charge on any atom is 0.408 e. The van der Waals surface area contributed by atoms with E-state index in [1.54, 1.807) is 0 Å². The van der Waals surface area contributed by atoms with Crippen LogP contribution in [0.5, 0.6) is 0 Å². The van der Waals surface area contributed by atoms with Gasteiger partial charge in [0.05, 0.1) is 11.9 Å². The van der Waals surface area contributed by atoms with Crippen LogP contribution in [0.2, 0.25) is 0 Å². The molecule has 0 spiro atoms. The van der Waals surface area contributed by atoms with Crippen molar-refractivity contribution >= 4 is 50.3 Å². The van der Waals surface area contributed by atoms with E-state index >= 15 is 0 Å². The highest BCUT2D eigenvalue weighted by Gasteiger charge is 2.62. The number of anilines is 1. The van der Waals surface area contributed by atoms with E-state index in [9.17, 15) is 27.6 Å². The Hall–Kier alpha value is -4.13. The standard InChI is InChI=1S/C35H45N5O7S/c1-5-24-19-35(24,32(43)38-48(45,46)27-16-17-27)37-30(41)28-20-39(25-15-14-22-10-6-7-11-23(22)18-25)21-40(28)31(42)29(34(2,3)4)36-33(44)47-26-12-8-9-13-26/h5-7,10-11,14-15,18,24,26-29H,1,8-9,12-13,16-17,19-21H2,2-4H3,(H,36,44)(H,37,41)(H,38,43)/t24-,28+,29?,35-/m1/s1. The Balaban J connectivity index is 1.28. The van der Waals surface area contributed by atoms with E-state index < -0.39 is 68.0 Å². The van der Waals surface area contributed by atoms with Crippen LogP contribution in [0.4, 0.5) is 10.5 Å². The van der Waals surface area contributed by atoms with Crippen LogP contribution in [0.3, 0.4) is 0 Å². The van der Waals surface area contributed by atoms with Crippen molar-refractivity contribution in [2.24, 2.45) is 11.3 Å². The molecular weight excluding hydrogens is 634 g/mol. The minimum absolute atomic E-state index is 0.0430. The van der Waals surface area contributed by atoms with Crippen molar-refractivity contribution in [3.05, 3.63) is 55.1 Å². The molecule has 1 aliphatic heterocycles. The van der Waals surface area contributed by atoms with Crippen LogP contribution >= 0.6 is 0 Å². The second-order valence-corrected chi connectivity index (χ2v) is 16.6. The molecule has 2 aromatic carbocycles. The molecule has 6 rings (SSSR count). The van der Waals surface area contributed by atoms with Gasteiger partial charge in [0, 0.05) is 18.2 Å². The van der Waals surface area contributed by atoms with E-state index in [4.69, 9.17) is 4.74 Å². The SMILES string of the molecule is C=C[C@@H]1C[C@]1(NC(=O)[C@@H]1CN(c2ccc3ccccc3c2)CN1C(=O)C(NC(=O)OC1CCCC1)C(C)(C)C)C(=O)NS(=O)(=O)C1CC1. The highest BCUT2D eigenvalue weighted by molar-refractivity contribution is 7.91. The average molecular weight is 680 g/mol. The Morgan fingerprint density at radius 3 is 2.33 bits per heavy atom. The summed E-state index contributed by atoms with van der Waals surface area (Å²) in [5, 5.41) is 7.03. The Kier molecular flexibility index (Phi) is 8.95. The molecule has 12 nitrogen and oxygen atoms in total. The van der Waals surface area contributed by atoms with Gasteiger partial charge in [-0.1, -0.05) is 57.2 Å². The quantitative estimate of drug-likeness (QED) is 0.322. The smallest absolute Gasteiger partial charge is 0.408 e. The van der Waals surface area contributed by atoms with Crippen LogP contribution in [0.15, 0.2) is 55.1 Å². The van der Waals surface area contributed by atoms with Crippen LogP contribution in [0.25, 0.3) is 10.8 Å². The number of hydrogen-bond acceptors (Lipinski definition) is 8. The molecule has 1 unspecified atom stereocenters. The van der Waals surface area contributed by atoms with Crippen molar-refractivity contribution < 1.29 is 32.3 Å². The van der Waals surface area contributed by atoms with Gasteiger partial charge in [0.15, 0.2) is 0 Å². The van der Waals surface area contributed by atoms with Crippen molar-refractivity contribution in [2.75, 3.05) is 18.1 Å². The van der Waals surface area contributed by atoms with Crippen LogP contribution in [-0.4, -0.2) is 79.3 Å². The van der Waals surface area contributed by atoms with Gasteiger partial charge < -0.3 is 25.2 Å². The molecule has 2 aromatic rings. The lowest BCUT2D eigenvalue weighted by Crippen LogP contribution is -2.60. The fraction of sp³-hybridized carbons (Fsp3) is 0.543. The predicted molar refractivity (Wildman–Crippen MR) is 181 cm³/mol. The summed E-state index contributed by atoms with van der Waals surface area (Å²) < 4.78 is 33.1. The largest absolute Gasteiger partial charge is 0.446 e. The van der Waals surface area contributed by atoms with E-state index in [0.29, 0.717) is 12.8 Å². The number of benzene rings is 2. The van der Waals surface area contributed by atoms with Gasteiger partial charge in [-0.05, 0) is 73.3 Å². The highest BCUT2D eigenvalue weighted by atomic mass is 32.2. The first-order valence-electron chi connectivity index (χ1n) is 16.7. The van der Waals surface area contributed by atoms with Crippen LogP contribution in [-0.2, 0) is 29.1 Å². The number of carbonyl (C=O) groups excluding carboxylic acids is 4. The van der Waals surface area contributed by atoms with E-state index in [-0.39, 0.29) is 25.7 Å². The van der Waals surface area contributed by atoms with Crippen LogP contribution in [0, 0.1) is 11.3 Å². The third kappa shape index (κ3) is 6.87. The van der Waals surface area contributed by atoms with Crippen molar-refractivity contribution in [2.45, 2.75) is 94.7 Å². The minimum Gasteiger partial charge on any atom is -0.446 e. The van der Waals surface area contributed by atoms with E-state index in [1.165, 1.54) is 11.0 Å². The Morgan fingerprint density at radius 1 is 1.02 bits per heavy atom. The summed E-state index contributed by atoms with van der Waals surface area (Å²) in [6.07, 6.45) is 5.31. The molecule has 0 bridgehead atoms. The molecule has 4 aliphatic rings. The lowest BCUT2D eigenvalue weighted by molar-refractivity contribution is -0.142. The van der Waals surface area contributed by atoms with Crippen molar-refractivity contribution in [3.8, 4) is 0 Å². The average Bonchev–Trinajstić information content (AvgIpc) is 3.91. The fourth-order valence-electron chi connectivity index (χ4n) is 6.80. The zero-order valence-electron chi connectivity index (χ0n) is 27.7. The monoisotopic (exact) mass is 679 g/mol. The zero-order valence-corrected chi connectivity index (χ0v) is 28.6. The van der Waals surface area contributed by atoms with Gasteiger partial charge >= 0.3 is 6.09 Å². The van der Waals surface area contributed by atoms with E-state index in [1.807, 2.05) is 68.1 Å². The molecule has 3 N–H and O–H groups in total. The summed E-state index contributed by atoms with van der Waals surface area (Å²) in [4.78, 5) is 58.4. The number of rotatable bonds is 10. The van der Waals surface area contributed by atoms with Crippen molar-refractivity contribution in [1.82, 2.24) is 20.3 Å². The first-order chi connectivity index (χ1) is 22.7. The number of nitrogens with zero attached hydrogens (tertiary/aromatic N) is 2. The number of alkyl carbamates (subject to hydrolysis) is 1. The lowest BCUT2D eigenvalue weighted by atomic mass is 9.85. The number of fused-ring (bicyclic) bond motifs is 1. The number of hydrogen-bond donors (Lipinski definition) is 3. The predicted octanol–water partition coefficient (Wildman–Crippen LogP) is 3.57. The van der Waals surface area contributed by atoms with Crippen molar-refractivity contribution in [3.63, 3.8) is 0 Å². The number of carbonyl (C=O) groups is 4. The first-order valence-corrected chi connectivity index (χ1v) is 18.3. The number of sulfonamides is 1. The van der Waals surface area contributed by atoms with Crippen molar-refractivity contribution in [1.29, 1.82) is 0 Å². The third-order valence-electron chi connectivity index (χ3n) is 9.98. The molecule has 0 radical (unpaired) electrons. The van der Waals surface area contributed by atoms with Gasteiger partial charge in [-0.2, -0.15) is 0 Å². The molecule has 48 heavy (non-hydrogen) atoms. The summed E-state index contributed by atoms with van der Waals surface area (Å²) in [6, 6.07) is 11.7. The highest BCUT2D eigenvalue weighted by Crippen LogP contribution is 2.45. The summed E-state index contributed by atoms with van der Waals surface area (Å²) in [5.41, 5.74) is -1.45. The molecule has 1 saturated heterocycles. The summed E-state index contributed by atoms with van der Waals surface area (Å²) in [6.45, 7) is 9.42. The molecule has 3 aliphatic carbocycles. The maximum atomic E-state index is 14.4. The van der Waals surface area contributed by atoms with Crippen LogP contribution < -0.4 is 20.3 Å². The Bertz CT molecular complexity index is 1730. The minimum atomic E-state index is -3.86. The maximum absolute atomic E-state index is 14.4. The fourth-order valence-corrected chi connectivity index (χ4v) is 8.16. The molecule has 1 heterocycles. The molecule has 3 saturated carbocycles. The van der Waals surface area contributed by atoms with Gasteiger partial charge in [-0.15, -0.1) is 6.58 Å². The Labute approximate surface area is 281 Å². The normalized spacial score (nSPS) is 25.0. The third-order valence-corrected chi connectivity index (χ3v) is 11.8. The molecule has 4 fully saturated rings. The number of amides is 4. The van der Waals surface area contributed by atoms with Gasteiger partial charge in [-0.25, -0.2) is 13.2 Å². The summed E-state index contributed by atoms with van der Waals surface area (Å²) in [7, 11) is -3.86. The number of ether oxygens (including phenoxy) is 1. The molecular formula is C35H45N5O7S. The molecule has 258 valence electrons. The van der Waals surface area contributed by atoms with E-state index in [2.05, 4.69) is 21.9 Å². The Morgan fingerprint density at radius 2 is 1.71 bits per heavy atom. The molecule has 4 amide bonds. The molecule has 13 heteroatoms. The van der Waals surface area contributed by atoms with Gasteiger partial charge in [0.25, 0.3) is 5.91 Å². The van der Waals surface area contributed by atoms with Crippen LogP contribution in [0.1, 0.15) is 65.7 Å². The van der Waals surface area contributed by atoms with E-state index in [0.717, 1.165) is 42.1 Å². The lowest BCUT2D eigenvalue weighted by Gasteiger charge is -2.35. The molecule has 4 atom stereocenters. The molecule has 0 aromatic heterocycles. The van der Waals surface area contributed by atoms with Gasteiger partial charge in [-0.3, -0.25) is 19.1 Å². The summed E-state index contributed by atoms with van der Waals surface area (Å²) in [5.74, 6) is -2.36. The second kappa shape index (κ2) is 12.7. The second-order valence-electron chi connectivity index (χ2n) is 14.7. The zero-order chi connectivity index (χ0) is 34.4. The van der Waals surface area contributed by atoms with Gasteiger partial charge in [0.2, 0.25) is 21.8 Å². The summed E-state index contributed by atoms with van der Waals surface area (Å²) >= 11 is 0. The first kappa shape index (κ1) is 33.8. The van der Waals surface area contributed by atoms with Gasteiger partial charge in [0.1, 0.15) is 23.7 Å². The number of nitrogens with one attached hydrogen (secondary N) is 3.